The second kappa shape index (κ2) is 4.45. The maximum Gasteiger partial charge on any atom is 0.231 e. The smallest absolute Gasteiger partial charge is 0.231 e. The van der Waals surface area contributed by atoms with Crippen LogP contribution in [-0.2, 0) is 4.79 Å². The average molecular weight is 285 g/mol. The van der Waals surface area contributed by atoms with Crippen LogP contribution in [0.5, 0.6) is 11.5 Å². The quantitative estimate of drug-likeness (QED) is 0.800. The lowest BCUT2D eigenvalue weighted by atomic mass is 9.93. The molecule has 16 heavy (non-hydrogen) atoms. The van der Waals surface area contributed by atoms with Crippen LogP contribution in [0.2, 0.25) is 0 Å². The first-order valence-corrected chi connectivity index (χ1v) is 5.96. The van der Waals surface area contributed by atoms with E-state index in [4.69, 9.17) is 9.47 Å². The van der Waals surface area contributed by atoms with Gasteiger partial charge in [0.15, 0.2) is 11.5 Å². The summed E-state index contributed by atoms with van der Waals surface area (Å²) in [6.07, 6.45) is 1.46. The van der Waals surface area contributed by atoms with E-state index in [1.165, 1.54) is 0 Å². The summed E-state index contributed by atoms with van der Waals surface area (Å²) in [5, 5.41) is 0. The molecule has 0 N–H and O–H groups in total. The highest BCUT2D eigenvalue weighted by Crippen LogP contribution is 2.45. The number of hydrogen-bond acceptors (Lipinski definition) is 3. The van der Waals surface area contributed by atoms with Crippen LogP contribution in [0.3, 0.4) is 0 Å². The van der Waals surface area contributed by atoms with E-state index in [0.29, 0.717) is 6.42 Å². The van der Waals surface area contributed by atoms with Crippen molar-refractivity contribution >= 4 is 22.2 Å². The van der Waals surface area contributed by atoms with Gasteiger partial charge in [0.2, 0.25) is 6.79 Å². The summed E-state index contributed by atoms with van der Waals surface area (Å²) in [5.74, 6) is 1.70. The minimum absolute atomic E-state index is 0.182. The van der Waals surface area contributed by atoms with Crippen molar-refractivity contribution in [2.75, 3.05) is 6.79 Å². The minimum atomic E-state index is 0.182. The number of carbonyl (C=O) groups excluding carboxylic acids is 1. The second-order valence-corrected chi connectivity index (χ2v) is 4.75. The fraction of sp³-hybridized carbons (Fsp3) is 0.417. The number of benzene rings is 1. The van der Waals surface area contributed by atoms with Gasteiger partial charge in [-0.25, -0.2) is 0 Å². The molecule has 0 aliphatic carbocycles. The van der Waals surface area contributed by atoms with E-state index in [1.807, 2.05) is 19.9 Å². The molecule has 3 nitrogen and oxygen atoms in total. The molecule has 0 spiro atoms. The Bertz CT molecular complexity index is 429. The van der Waals surface area contributed by atoms with Crippen LogP contribution in [0.1, 0.15) is 30.4 Å². The number of aryl methyl sites for hydroxylation is 1. The largest absolute Gasteiger partial charge is 0.454 e. The van der Waals surface area contributed by atoms with Gasteiger partial charge in [-0.15, -0.1) is 0 Å². The third-order valence-electron chi connectivity index (χ3n) is 2.79. The number of carbonyl (C=O) groups is 1. The lowest BCUT2D eigenvalue weighted by Gasteiger charge is -2.15. The molecule has 1 aliphatic heterocycles. The summed E-state index contributed by atoms with van der Waals surface area (Å²) in [7, 11) is 0. The van der Waals surface area contributed by atoms with Crippen molar-refractivity contribution in [3.8, 4) is 11.5 Å². The zero-order valence-corrected chi connectivity index (χ0v) is 10.8. The van der Waals surface area contributed by atoms with Gasteiger partial charge in [-0.05, 0) is 46.0 Å². The molecular formula is C12H13BrO3. The average Bonchev–Trinajstić information content (AvgIpc) is 2.66. The van der Waals surface area contributed by atoms with Gasteiger partial charge in [0, 0.05) is 6.42 Å². The van der Waals surface area contributed by atoms with Crippen molar-refractivity contribution in [2.45, 2.75) is 26.2 Å². The van der Waals surface area contributed by atoms with Crippen LogP contribution >= 0.6 is 15.9 Å². The lowest BCUT2D eigenvalue weighted by molar-refractivity contribution is -0.108. The highest BCUT2D eigenvalue weighted by molar-refractivity contribution is 9.10. The van der Waals surface area contributed by atoms with Crippen molar-refractivity contribution in [3.05, 3.63) is 21.7 Å². The number of rotatable bonds is 3. The summed E-state index contributed by atoms with van der Waals surface area (Å²) >= 11 is 3.53. The van der Waals surface area contributed by atoms with E-state index in [0.717, 1.165) is 33.4 Å². The molecule has 0 saturated heterocycles. The fourth-order valence-electron chi connectivity index (χ4n) is 2.00. The molecule has 1 unspecified atom stereocenters. The number of halogens is 1. The van der Waals surface area contributed by atoms with Gasteiger partial charge in [-0.3, -0.25) is 0 Å². The standard InChI is InChI=1S/C12H13BrO3/c1-7(3-4-14)10-8(2)5-9-12(11(10)13)16-6-15-9/h4-5,7H,3,6H2,1-2H3. The summed E-state index contributed by atoms with van der Waals surface area (Å²) in [6.45, 7) is 4.31. The lowest BCUT2D eigenvalue weighted by Crippen LogP contribution is -1.99. The Morgan fingerprint density at radius 3 is 3.00 bits per heavy atom. The van der Waals surface area contributed by atoms with E-state index in [2.05, 4.69) is 15.9 Å². The van der Waals surface area contributed by atoms with Crippen molar-refractivity contribution in [3.63, 3.8) is 0 Å². The molecule has 1 aromatic rings. The molecule has 4 heteroatoms. The molecule has 1 heterocycles. The first kappa shape index (κ1) is 11.5. The maximum atomic E-state index is 10.6. The normalized spacial score (nSPS) is 14.9. The maximum absolute atomic E-state index is 10.6. The highest BCUT2D eigenvalue weighted by Gasteiger charge is 2.23. The zero-order valence-electron chi connectivity index (χ0n) is 9.25. The summed E-state index contributed by atoms with van der Waals surface area (Å²) in [5.41, 5.74) is 2.24. The Balaban J connectivity index is 2.49. The van der Waals surface area contributed by atoms with Crippen molar-refractivity contribution in [1.82, 2.24) is 0 Å². The second-order valence-electron chi connectivity index (χ2n) is 3.96. The van der Waals surface area contributed by atoms with Gasteiger partial charge in [-0.2, -0.15) is 0 Å². The van der Waals surface area contributed by atoms with Gasteiger partial charge < -0.3 is 14.3 Å². The fourth-order valence-corrected chi connectivity index (χ4v) is 3.02. The van der Waals surface area contributed by atoms with Gasteiger partial charge in [-0.1, -0.05) is 6.92 Å². The van der Waals surface area contributed by atoms with Gasteiger partial charge >= 0.3 is 0 Å². The number of fused-ring (bicyclic) bond motifs is 1. The van der Waals surface area contributed by atoms with Crippen LogP contribution in [0.15, 0.2) is 10.5 Å². The Morgan fingerprint density at radius 2 is 2.31 bits per heavy atom. The van der Waals surface area contributed by atoms with Crippen LogP contribution in [0.25, 0.3) is 0 Å². The van der Waals surface area contributed by atoms with E-state index in [9.17, 15) is 4.79 Å². The molecular weight excluding hydrogens is 272 g/mol. The van der Waals surface area contributed by atoms with E-state index < -0.39 is 0 Å². The van der Waals surface area contributed by atoms with Crippen LogP contribution in [0, 0.1) is 6.92 Å². The van der Waals surface area contributed by atoms with Gasteiger partial charge in [0.1, 0.15) is 6.29 Å². The first-order valence-electron chi connectivity index (χ1n) is 5.17. The van der Waals surface area contributed by atoms with Crippen molar-refractivity contribution < 1.29 is 14.3 Å². The zero-order chi connectivity index (χ0) is 11.7. The molecule has 86 valence electrons. The summed E-state index contributed by atoms with van der Waals surface area (Å²) in [4.78, 5) is 10.6. The third kappa shape index (κ3) is 1.82. The van der Waals surface area contributed by atoms with Gasteiger partial charge in [0.05, 0.1) is 4.47 Å². The summed E-state index contributed by atoms with van der Waals surface area (Å²) < 4.78 is 11.6. The van der Waals surface area contributed by atoms with Crippen LogP contribution in [0.4, 0.5) is 0 Å². The molecule has 0 aromatic heterocycles. The van der Waals surface area contributed by atoms with Crippen LogP contribution < -0.4 is 9.47 Å². The first-order chi connectivity index (χ1) is 7.65. The third-order valence-corrected chi connectivity index (χ3v) is 3.58. The van der Waals surface area contributed by atoms with Gasteiger partial charge in [0.25, 0.3) is 0 Å². The molecule has 0 fully saturated rings. The Kier molecular flexibility index (Phi) is 3.19. The molecule has 0 bridgehead atoms. The van der Waals surface area contributed by atoms with Crippen molar-refractivity contribution in [1.29, 1.82) is 0 Å². The Labute approximate surface area is 103 Å². The monoisotopic (exact) mass is 284 g/mol. The van der Waals surface area contributed by atoms with E-state index in [1.54, 1.807) is 0 Å². The van der Waals surface area contributed by atoms with Crippen molar-refractivity contribution in [2.24, 2.45) is 0 Å². The number of aldehydes is 1. The number of hydrogen-bond donors (Lipinski definition) is 0. The Hall–Kier alpha value is -1.03. The highest BCUT2D eigenvalue weighted by atomic mass is 79.9. The molecule has 0 amide bonds. The minimum Gasteiger partial charge on any atom is -0.454 e. The van der Waals surface area contributed by atoms with Crippen LogP contribution in [-0.4, -0.2) is 13.1 Å². The molecule has 2 rings (SSSR count). The molecule has 1 atom stereocenters. The predicted molar refractivity (Wildman–Crippen MR) is 64.1 cm³/mol. The topological polar surface area (TPSA) is 35.5 Å². The molecule has 0 radical (unpaired) electrons. The molecule has 0 saturated carbocycles. The predicted octanol–water partition coefficient (Wildman–Crippen LogP) is 3.18. The molecule has 1 aromatic carbocycles. The van der Waals surface area contributed by atoms with E-state index >= 15 is 0 Å². The Morgan fingerprint density at radius 1 is 1.56 bits per heavy atom. The molecule has 1 aliphatic rings. The van der Waals surface area contributed by atoms with E-state index in [-0.39, 0.29) is 12.7 Å². The number of ether oxygens (including phenoxy) is 2. The SMILES string of the molecule is Cc1cc2c(c(Br)c1C(C)CC=O)OCO2. The summed E-state index contributed by atoms with van der Waals surface area (Å²) in [6, 6.07) is 1.96.